The molecule has 29 heavy (non-hydrogen) atoms. The van der Waals surface area contributed by atoms with Crippen molar-refractivity contribution in [2.75, 3.05) is 25.5 Å². The molecule has 2 amide bonds. The third-order valence-electron chi connectivity index (χ3n) is 4.97. The van der Waals surface area contributed by atoms with E-state index < -0.39 is 15.9 Å². The molecule has 2 N–H and O–H groups in total. The highest BCUT2D eigenvalue weighted by molar-refractivity contribution is 7.89. The smallest absolute Gasteiger partial charge is 0.257 e. The number of hydrogen-bond donors (Lipinski definition) is 2. The zero-order valence-electron chi connectivity index (χ0n) is 16.2. The number of anilines is 1. The van der Waals surface area contributed by atoms with Gasteiger partial charge in [-0.05, 0) is 62.7 Å². The number of nitrogens with one attached hydrogen (secondary N) is 2. The average Bonchev–Trinajstić information content (AvgIpc) is 3.24. The number of sulfonamides is 1. The largest absolute Gasteiger partial charge is 0.339 e. The summed E-state index contributed by atoms with van der Waals surface area (Å²) in [6, 6.07) is 9.04. The van der Waals surface area contributed by atoms with Crippen LogP contribution in [0.25, 0.3) is 0 Å². The van der Waals surface area contributed by atoms with Crippen molar-refractivity contribution in [1.29, 1.82) is 0 Å². The Labute approximate surface area is 175 Å². The van der Waals surface area contributed by atoms with Crippen molar-refractivity contribution >= 4 is 39.1 Å². The van der Waals surface area contributed by atoms with E-state index in [-0.39, 0.29) is 21.4 Å². The fourth-order valence-corrected chi connectivity index (χ4v) is 4.21. The topological polar surface area (TPSA) is 95.6 Å². The van der Waals surface area contributed by atoms with Crippen LogP contribution in [-0.4, -0.2) is 45.3 Å². The predicted molar refractivity (Wildman–Crippen MR) is 112 cm³/mol. The Morgan fingerprint density at radius 2 is 1.76 bits per heavy atom. The average molecular weight is 436 g/mol. The highest BCUT2D eigenvalue weighted by Crippen LogP contribution is 2.25. The van der Waals surface area contributed by atoms with Crippen molar-refractivity contribution in [3.63, 3.8) is 0 Å². The molecule has 1 aliphatic heterocycles. The molecule has 0 saturated carbocycles. The van der Waals surface area contributed by atoms with Crippen LogP contribution in [-0.2, 0) is 10.0 Å². The molecule has 2 aromatic rings. The van der Waals surface area contributed by atoms with Gasteiger partial charge in [0.05, 0.1) is 15.5 Å². The number of benzene rings is 2. The molecule has 1 heterocycles. The molecule has 1 fully saturated rings. The first-order chi connectivity index (χ1) is 13.7. The molecule has 0 radical (unpaired) electrons. The van der Waals surface area contributed by atoms with E-state index in [9.17, 15) is 18.0 Å². The number of likely N-dealkylation sites (tertiary alicyclic amines) is 1. The summed E-state index contributed by atoms with van der Waals surface area (Å²) in [5.74, 6) is -0.617. The van der Waals surface area contributed by atoms with E-state index in [1.165, 1.54) is 25.2 Å². The summed E-state index contributed by atoms with van der Waals surface area (Å²) in [7, 11) is -2.43. The van der Waals surface area contributed by atoms with Crippen molar-refractivity contribution in [1.82, 2.24) is 9.62 Å². The van der Waals surface area contributed by atoms with Crippen LogP contribution in [0.3, 0.4) is 0 Å². The van der Waals surface area contributed by atoms with Crippen molar-refractivity contribution in [2.24, 2.45) is 0 Å². The summed E-state index contributed by atoms with van der Waals surface area (Å²) in [6.07, 6.45) is 1.98. The Morgan fingerprint density at radius 1 is 1.07 bits per heavy atom. The van der Waals surface area contributed by atoms with Crippen molar-refractivity contribution in [2.45, 2.75) is 24.7 Å². The molecule has 1 aliphatic rings. The van der Waals surface area contributed by atoms with Gasteiger partial charge in [-0.15, -0.1) is 0 Å². The maximum atomic E-state index is 12.8. The first kappa shape index (κ1) is 21.3. The van der Waals surface area contributed by atoms with Crippen LogP contribution >= 0.6 is 11.6 Å². The number of rotatable bonds is 5. The summed E-state index contributed by atoms with van der Waals surface area (Å²) in [5.41, 5.74) is 1.67. The van der Waals surface area contributed by atoms with Gasteiger partial charge in [-0.3, -0.25) is 9.59 Å². The Morgan fingerprint density at radius 3 is 2.41 bits per heavy atom. The second kappa shape index (κ2) is 8.52. The zero-order valence-corrected chi connectivity index (χ0v) is 17.7. The highest BCUT2D eigenvalue weighted by atomic mass is 35.5. The van der Waals surface area contributed by atoms with Gasteiger partial charge in [0.15, 0.2) is 0 Å². The molecule has 0 bridgehead atoms. The van der Waals surface area contributed by atoms with Gasteiger partial charge < -0.3 is 10.2 Å². The van der Waals surface area contributed by atoms with Crippen LogP contribution in [0, 0.1) is 6.92 Å². The third kappa shape index (κ3) is 4.44. The fourth-order valence-electron chi connectivity index (χ4n) is 3.25. The number of nitrogens with zero attached hydrogens (tertiary/aromatic N) is 1. The van der Waals surface area contributed by atoms with Crippen LogP contribution in [0.1, 0.15) is 39.1 Å². The minimum absolute atomic E-state index is 0.0265. The normalized spacial score (nSPS) is 14.1. The van der Waals surface area contributed by atoms with Gasteiger partial charge in [-0.25, -0.2) is 13.1 Å². The van der Waals surface area contributed by atoms with E-state index in [4.69, 9.17) is 11.6 Å². The molecule has 9 heteroatoms. The monoisotopic (exact) mass is 435 g/mol. The number of carbonyl (C=O) groups excluding carboxylic acids is 2. The van der Waals surface area contributed by atoms with E-state index in [2.05, 4.69) is 10.0 Å². The van der Waals surface area contributed by atoms with Crippen LogP contribution in [0.5, 0.6) is 0 Å². The minimum atomic E-state index is -3.72. The van der Waals surface area contributed by atoms with E-state index in [1.54, 1.807) is 30.0 Å². The van der Waals surface area contributed by atoms with Gasteiger partial charge in [-0.2, -0.15) is 0 Å². The van der Waals surface area contributed by atoms with Crippen LogP contribution in [0.15, 0.2) is 41.3 Å². The molecule has 7 nitrogen and oxygen atoms in total. The molecular formula is C20H22ClN3O4S. The maximum Gasteiger partial charge on any atom is 0.257 e. The van der Waals surface area contributed by atoms with Gasteiger partial charge in [0.1, 0.15) is 0 Å². The lowest BCUT2D eigenvalue weighted by atomic mass is 10.0. The summed E-state index contributed by atoms with van der Waals surface area (Å²) in [6.45, 7) is 3.23. The second-order valence-electron chi connectivity index (χ2n) is 6.78. The quantitative estimate of drug-likeness (QED) is 0.754. The number of carbonyl (C=O) groups is 2. The Balaban J connectivity index is 1.89. The van der Waals surface area contributed by atoms with Crippen LogP contribution in [0.2, 0.25) is 5.02 Å². The third-order valence-corrected chi connectivity index (χ3v) is 6.71. The lowest BCUT2D eigenvalue weighted by molar-refractivity contribution is 0.0791. The van der Waals surface area contributed by atoms with E-state index in [0.717, 1.165) is 25.9 Å². The summed E-state index contributed by atoms with van der Waals surface area (Å²) < 4.78 is 26.2. The minimum Gasteiger partial charge on any atom is -0.339 e. The lowest BCUT2D eigenvalue weighted by Crippen LogP contribution is -2.28. The Kier molecular flexibility index (Phi) is 6.26. The molecule has 0 atom stereocenters. The Bertz CT molecular complexity index is 1060. The van der Waals surface area contributed by atoms with E-state index in [0.29, 0.717) is 16.8 Å². The SMILES string of the molecule is CNS(=O)(=O)c1ccc(Cl)c(C(=O)Nc2cccc(C(=O)N3CCCC3)c2C)c1. The number of amides is 2. The predicted octanol–water partition coefficient (Wildman–Crippen LogP) is 3.04. The van der Waals surface area contributed by atoms with Crippen molar-refractivity contribution < 1.29 is 18.0 Å². The molecule has 0 aliphatic carbocycles. The number of halogens is 1. The standard InChI is InChI=1S/C20H22ClN3O4S/c1-13-15(20(26)24-10-3-4-11-24)6-5-7-18(13)23-19(25)16-12-14(8-9-17(16)21)29(27,28)22-2/h5-9,12,22H,3-4,10-11H2,1-2H3,(H,23,25). The second-order valence-corrected chi connectivity index (χ2v) is 9.07. The summed E-state index contributed by atoms with van der Waals surface area (Å²) in [5, 5.41) is 2.87. The van der Waals surface area contributed by atoms with Crippen LogP contribution < -0.4 is 10.0 Å². The van der Waals surface area contributed by atoms with Gasteiger partial charge in [0, 0.05) is 24.3 Å². The van der Waals surface area contributed by atoms with Gasteiger partial charge in [0.25, 0.3) is 11.8 Å². The molecule has 3 rings (SSSR count). The van der Waals surface area contributed by atoms with Gasteiger partial charge in [0.2, 0.25) is 10.0 Å². The zero-order chi connectivity index (χ0) is 21.2. The van der Waals surface area contributed by atoms with Gasteiger partial charge >= 0.3 is 0 Å². The van der Waals surface area contributed by atoms with Crippen LogP contribution in [0.4, 0.5) is 5.69 Å². The molecule has 1 saturated heterocycles. The highest BCUT2D eigenvalue weighted by Gasteiger charge is 2.23. The lowest BCUT2D eigenvalue weighted by Gasteiger charge is -2.18. The molecule has 0 unspecified atom stereocenters. The van der Waals surface area contributed by atoms with E-state index in [1.807, 2.05) is 0 Å². The molecule has 0 spiro atoms. The summed E-state index contributed by atoms with van der Waals surface area (Å²) in [4.78, 5) is 27.3. The Hall–Kier alpha value is -2.42. The van der Waals surface area contributed by atoms with Gasteiger partial charge in [-0.1, -0.05) is 17.7 Å². The van der Waals surface area contributed by atoms with Crippen molar-refractivity contribution in [3.8, 4) is 0 Å². The summed E-state index contributed by atoms with van der Waals surface area (Å²) >= 11 is 6.12. The first-order valence-corrected chi connectivity index (χ1v) is 11.0. The van der Waals surface area contributed by atoms with Crippen molar-refractivity contribution in [3.05, 3.63) is 58.1 Å². The molecule has 0 aromatic heterocycles. The first-order valence-electron chi connectivity index (χ1n) is 9.18. The molecule has 2 aromatic carbocycles. The van der Waals surface area contributed by atoms with E-state index >= 15 is 0 Å². The fraction of sp³-hybridized carbons (Fsp3) is 0.300. The molecule has 154 valence electrons. The molecular weight excluding hydrogens is 414 g/mol. The number of hydrogen-bond acceptors (Lipinski definition) is 4. The maximum absolute atomic E-state index is 12.8.